The van der Waals surface area contributed by atoms with Gasteiger partial charge in [0.15, 0.2) is 0 Å². The van der Waals surface area contributed by atoms with Crippen LogP contribution in [0.4, 0.5) is 11.4 Å². The summed E-state index contributed by atoms with van der Waals surface area (Å²) in [6.45, 7) is 1.66. The van der Waals surface area contributed by atoms with Crippen LogP contribution in [0.2, 0.25) is 10.0 Å². The highest BCUT2D eigenvalue weighted by Gasteiger charge is 2.19. The largest absolute Gasteiger partial charge is 0.319 e. The Balaban J connectivity index is 1.90. The second-order valence-electron chi connectivity index (χ2n) is 5.95. The summed E-state index contributed by atoms with van der Waals surface area (Å²) in [6.07, 6.45) is 0. The number of nitrogens with one attached hydrogen (secondary N) is 2. The fourth-order valence-corrected chi connectivity index (χ4v) is 4.23. The third-order valence-corrected chi connectivity index (χ3v) is 6.09. The molecule has 3 aromatic rings. The molecule has 0 aliphatic rings. The van der Waals surface area contributed by atoms with E-state index >= 15 is 0 Å². The average Bonchev–Trinajstić information content (AvgIpc) is 2.67. The van der Waals surface area contributed by atoms with E-state index in [-0.39, 0.29) is 4.90 Å². The van der Waals surface area contributed by atoms with Crippen molar-refractivity contribution in [2.75, 3.05) is 10.0 Å². The molecule has 0 aromatic heterocycles. The molecule has 0 bridgehead atoms. The Bertz CT molecular complexity index is 1110. The third kappa shape index (κ3) is 4.30. The Morgan fingerprint density at radius 1 is 0.857 bits per heavy atom. The zero-order chi connectivity index (χ0) is 20.3. The fraction of sp³-hybridized carbons (Fsp3) is 0.0500. The van der Waals surface area contributed by atoms with Crippen molar-refractivity contribution in [3.63, 3.8) is 0 Å². The molecule has 28 heavy (non-hydrogen) atoms. The highest BCUT2D eigenvalue weighted by atomic mass is 35.5. The maximum absolute atomic E-state index is 12.7. The molecule has 0 unspecified atom stereocenters. The van der Waals surface area contributed by atoms with Gasteiger partial charge in [0.25, 0.3) is 15.9 Å². The topological polar surface area (TPSA) is 75.3 Å². The van der Waals surface area contributed by atoms with Crippen molar-refractivity contribution < 1.29 is 13.2 Å². The monoisotopic (exact) mass is 434 g/mol. The van der Waals surface area contributed by atoms with Crippen molar-refractivity contribution in [1.82, 2.24) is 0 Å². The molecule has 5 nitrogen and oxygen atoms in total. The van der Waals surface area contributed by atoms with Gasteiger partial charge in [0.2, 0.25) is 0 Å². The van der Waals surface area contributed by atoms with Gasteiger partial charge >= 0.3 is 0 Å². The summed E-state index contributed by atoms with van der Waals surface area (Å²) in [5.74, 6) is -0.451. The summed E-state index contributed by atoms with van der Waals surface area (Å²) in [6, 6.07) is 17.7. The predicted octanol–water partition coefficient (Wildman–Crippen LogP) is 5.35. The number of sulfonamides is 1. The number of anilines is 2. The van der Waals surface area contributed by atoms with E-state index in [1.54, 1.807) is 61.5 Å². The molecule has 0 aliphatic carbocycles. The number of carbonyl (C=O) groups is 1. The minimum atomic E-state index is -3.77. The lowest BCUT2D eigenvalue weighted by molar-refractivity contribution is 0.102. The number of rotatable bonds is 5. The molecule has 0 atom stereocenters. The van der Waals surface area contributed by atoms with Crippen molar-refractivity contribution in [1.29, 1.82) is 0 Å². The normalized spacial score (nSPS) is 11.1. The molecule has 3 rings (SSSR count). The van der Waals surface area contributed by atoms with Crippen LogP contribution < -0.4 is 10.0 Å². The number of hydrogen-bond donors (Lipinski definition) is 2. The van der Waals surface area contributed by atoms with E-state index in [2.05, 4.69) is 10.0 Å². The molecule has 0 radical (unpaired) electrons. The van der Waals surface area contributed by atoms with E-state index < -0.39 is 15.9 Å². The highest BCUT2D eigenvalue weighted by Crippen LogP contribution is 2.31. The molecule has 0 spiro atoms. The van der Waals surface area contributed by atoms with Gasteiger partial charge in [-0.1, -0.05) is 53.5 Å². The zero-order valence-electron chi connectivity index (χ0n) is 14.7. The van der Waals surface area contributed by atoms with E-state index in [0.29, 0.717) is 32.5 Å². The van der Waals surface area contributed by atoms with Crippen LogP contribution in [0.1, 0.15) is 15.9 Å². The molecule has 0 aliphatic heterocycles. The van der Waals surface area contributed by atoms with E-state index in [1.807, 2.05) is 0 Å². The molecule has 0 heterocycles. The first-order valence-corrected chi connectivity index (χ1v) is 10.5. The SMILES string of the molecule is Cc1c(NS(=O)(=O)c2ccccc2)cccc1C(=O)Nc1c(Cl)cccc1Cl. The van der Waals surface area contributed by atoms with Gasteiger partial charge in [-0.15, -0.1) is 0 Å². The number of hydrogen-bond acceptors (Lipinski definition) is 3. The first-order chi connectivity index (χ1) is 13.3. The van der Waals surface area contributed by atoms with E-state index in [4.69, 9.17) is 23.2 Å². The molecule has 3 aromatic carbocycles. The number of halogens is 2. The number of para-hydroxylation sites is 1. The van der Waals surface area contributed by atoms with Crippen LogP contribution in [0.3, 0.4) is 0 Å². The highest BCUT2D eigenvalue weighted by molar-refractivity contribution is 7.92. The quantitative estimate of drug-likeness (QED) is 0.567. The second-order valence-corrected chi connectivity index (χ2v) is 8.44. The minimum Gasteiger partial charge on any atom is -0.319 e. The van der Waals surface area contributed by atoms with Gasteiger partial charge in [0.1, 0.15) is 0 Å². The maximum Gasteiger partial charge on any atom is 0.261 e. The van der Waals surface area contributed by atoms with Crippen LogP contribution in [0, 0.1) is 6.92 Å². The first kappa shape index (κ1) is 20.2. The van der Waals surface area contributed by atoms with Crippen LogP contribution in [-0.4, -0.2) is 14.3 Å². The van der Waals surface area contributed by atoms with Crippen LogP contribution in [0.15, 0.2) is 71.6 Å². The van der Waals surface area contributed by atoms with Crippen molar-refractivity contribution in [2.24, 2.45) is 0 Å². The standard InChI is InChI=1S/C20H16Cl2N2O3S/c1-13-15(20(25)23-19-16(21)10-6-11-17(19)22)9-5-12-18(13)24-28(26,27)14-7-3-2-4-8-14/h2-12,24H,1H3,(H,23,25). The van der Waals surface area contributed by atoms with Crippen molar-refractivity contribution in [3.05, 3.63) is 87.9 Å². The lowest BCUT2D eigenvalue weighted by Gasteiger charge is -2.15. The van der Waals surface area contributed by atoms with Crippen LogP contribution in [0.25, 0.3) is 0 Å². The van der Waals surface area contributed by atoms with Crippen molar-refractivity contribution in [3.8, 4) is 0 Å². The Morgan fingerprint density at radius 2 is 1.46 bits per heavy atom. The Hall–Kier alpha value is -2.54. The summed E-state index contributed by atoms with van der Waals surface area (Å²) >= 11 is 12.2. The van der Waals surface area contributed by atoms with Crippen LogP contribution in [0.5, 0.6) is 0 Å². The van der Waals surface area contributed by atoms with Gasteiger partial charge in [-0.25, -0.2) is 8.42 Å². The molecule has 2 N–H and O–H groups in total. The lowest BCUT2D eigenvalue weighted by Crippen LogP contribution is -2.17. The number of amides is 1. The number of carbonyl (C=O) groups excluding carboxylic acids is 1. The zero-order valence-corrected chi connectivity index (χ0v) is 17.1. The van der Waals surface area contributed by atoms with E-state index in [0.717, 1.165) is 0 Å². The smallest absolute Gasteiger partial charge is 0.261 e. The van der Waals surface area contributed by atoms with Gasteiger partial charge < -0.3 is 5.32 Å². The van der Waals surface area contributed by atoms with Gasteiger partial charge in [-0.05, 0) is 48.9 Å². The first-order valence-electron chi connectivity index (χ1n) is 8.22. The van der Waals surface area contributed by atoms with Crippen molar-refractivity contribution >= 4 is 50.5 Å². The predicted molar refractivity (Wildman–Crippen MR) is 113 cm³/mol. The molecule has 0 saturated carbocycles. The molecule has 0 saturated heterocycles. The van der Waals surface area contributed by atoms with E-state index in [1.165, 1.54) is 12.1 Å². The van der Waals surface area contributed by atoms with Crippen LogP contribution >= 0.6 is 23.2 Å². The summed E-state index contributed by atoms with van der Waals surface area (Å²) in [5.41, 5.74) is 1.37. The minimum absolute atomic E-state index is 0.132. The molecule has 1 amide bonds. The molecule has 144 valence electrons. The van der Waals surface area contributed by atoms with Gasteiger partial charge in [0, 0.05) is 5.56 Å². The Morgan fingerprint density at radius 3 is 2.11 bits per heavy atom. The lowest BCUT2D eigenvalue weighted by atomic mass is 10.1. The summed E-state index contributed by atoms with van der Waals surface area (Å²) in [4.78, 5) is 12.9. The Labute approximate surface area is 173 Å². The van der Waals surface area contributed by atoms with Gasteiger partial charge in [-0.3, -0.25) is 9.52 Å². The third-order valence-electron chi connectivity index (χ3n) is 4.08. The van der Waals surface area contributed by atoms with Crippen LogP contribution in [-0.2, 0) is 10.0 Å². The molecule has 0 fully saturated rings. The molecule has 8 heteroatoms. The molecular weight excluding hydrogens is 419 g/mol. The number of benzene rings is 3. The van der Waals surface area contributed by atoms with E-state index in [9.17, 15) is 13.2 Å². The second kappa shape index (κ2) is 8.22. The summed E-state index contributed by atoms with van der Waals surface area (Å²) in [7, 11) is -3.77. The maximum atomic E-state index is 12.7. The summed E-state index contributed by atoms with van der Waals surface area (Å²) in [5, 5.41) is 3.29. The molecular formula is C20H16Cl2N2O3S. The fourth-order valence-electron chi connectivity index (χ4n) is 2.59. The average molecular weight is 435 g/mol. The Kier molecular flexibility index (Phi) is 5.93. The van der Waals surface area contributed by atoms with Gasteiger partial charge in [0.05, 0.1) is 26.3 Å². The van der Waals surface area contributed by atoms with Crippen molar-refractivity contribution in [2.45, 2.75) is 11.8 Å². The van der Waals surface area contributed by atoms with Gasteiger partial charge in [-0.2, -0.15) is 0 Å². The summed E-state index contributed by atoms with van der Waals surface area (Å²) < 4.78 is 27.7.